The Labute approximate surface area is 75.3 Å². The molecule has 0 fully saturated rings. The Morgan fingerprint density at radius 2 is 2.08 bits per heavy atom. The van der Waals surface area contributed by atoms with Gasteiger partial charge in [-0.1, -0.05) is 18.1 Å². The van der Waals surface area contributed by atoms with E-state index in [2.05, 4.69) is 25.6 Å². The van der Waals surface area contributed by atoms with E-state index in [-0.39, 0.29) is 5.54 Å². The molecule has 0 heterocycles. The summed E-state index contributed by atoms with van der Waals surface area (Å²) in [4.78, 5) is 3.80. The second kappa shape index (κ2) is 3.31. The van der Waals surface area contributed by atoms with Crippen molar-refractivity contribution in [2.75, 3.05) is 0 Å². The number of rotatable bonds is 1. The second-order valence-corrected chi connectivity index (χ2v) is 3.93. The minimum Gasteiger partial charge on any atom is -0.310 e. The van der Waals surface area contributed by atoms with Gasteiger partial charge in [0.1, 0.15) is 0 Å². The average Bonchev–Trinajstić information content (AvgIpc) is 2.10. The maximum absolute atomic E-state index is 7.20. The van der Waals surface area contributed by atoms with E-state index >= 15 is 0 Å². The van der Waals surface area contributed by atoms with Crippen molar-refractivity contribution < 1.29 is 0 Å². The lowest BCUT2D eigenvalue weighted by Crippen LogP contribution is -2.27. The Kier molecular flexibility index (Phi) is 2.57. The van der Waals surface area contributed by atoms with E-state index in [0.717, 1.165) is 25.7 Å². The van der Waals surface area contributed by atoms with Crippen LogP contribution in [-0.4, -0.2) is 5.54 Å². The summed E-state index contributed by atoms with van der Waals surface area (Å²) in [6.07, 6.45) is 4.19. The minimum atomic E-state index is -0.0520. The third kappa shape index (κ3) is 1.53. The Hall–Kier alpha value is -0.770. The Bertz CT molecular complexity index is 244. The molecule has 0 saturated carbocycles. The quantitative estimate of drug-likeness (QED) is 0.411. The van der Waals surface area contributed by atoms with Gasteiger partial charge in [0.25, 0.3) is 0 Å². The summed E-state index contributed by atoms with van der Waals surface area (Å²) >= 11 is 0. The molecule has 1 aliphatic carbocycles. The zero-order chi connectivity index (χ0) is 9.19. The van der Waals surface area contributed by atoms with Gasteiger partial charge in [-0.2, -0.15) is 0 Å². The van der Waals surface area contributed by atoms with E-state index in [9.17, 15) is 0 Å². The van der Waals surface area contributed by atoms with Gasteiger partial charge in [-0.15, -0.1) is 0 Å². The highest BCUT2D eigenvalue weighted by Gasteiger charge is 2.37. The third-order valence-electron chi connectivity index (χ3n) is 3.18. The number of allylic oxidation sites excluding steroid dienone is 1. The molecule has 0 amide bonds. The molecule has 0 aromatic carbocycles. The van der Waals surface area contributed by atoms with E-state index in [1.807, 2.05) is 0 Å². The van der Waals surface area contributed by atoms with Crippen LogP contribution in [0.15, 0.2) is 11.1 Å². The van der Waals surface area contributed by atoms with Crippen LogP contribution in [0.5, 0.6) is 0 Å². The number of nitrogens with zero attached hydrogens (tertiary/aromatic N) is 1. The molecule has 1 atom stereocenters. The summed E-state index contributed by atoms with van der Waals surface area (Å²) in [5.74, 6) is 0. The summed E-state index contributed by atoms with van der Waals surface area (Å²) in [6.45, 7) is 13.7. The Morgan fingerprint density at radius 3 is 2.50 bits per heavy atom. The molecule has 0 aromatic heterocycles. The molecule has 0 aromatic rings. The maximum Gasteiger partial charge on any atom is 0.236 e. The molecule has 12 heavy (non-hydrogen) atoms. The van der Waals surface area contributed by atoms with Gasteiger partial charge in [-0.05, 0) is 20.3 Å². The van der Waals surface area contributed by atoms with Crippen LogP contribution in [0, 0.1) is 6.57 Å². The Morgan fingerprint density at radius 1 is 1.42 bits per heavy atom. The summed E-state index contributed by atoms with van der Waals surface area (Å²) in [5.41, 5.74) is 2.89. The molecule has 0 aliphatic heterocycles. The van der Waals surface area contributed by atoms with Crippen LogP contribution >= 0.6 is 0 Å². The van der Waals surface area contributed by atoms with E-state index in [1.165, 1.54) is 11.1 Å². The monoisotopic (exact) mass is 163 g/mol. The first kappa shape index (κ1) is 9.32. The van der Waals surface area contributed by atoms with Crippen LogP contribution in [0.4, 0.5) is 0 Å². The molecule has 0 radical (unpaired) electrons. The Balaban J connectivity index is 2.84. The van der Waals surface area contributed by atoms with Crippen molar-refractivity contribution in [3.8, 4) is 0 Å². The lowest BCUT2D eigenvalue weighted by atomic mass is 9.78. The van der Waals surface area contributed by atoms with Crippen LogP contribution in [0.1, 0.15) is 46.5 Å². The first-order chi connectivity index (χ1) is 5.63. The highest BCUT2D eigenvalue weighted by molar-refractivity contribution is 5.21. The zero-order valence-corrected chi connectivity index (χ0v) is 8.28. The van der Waals surface area contributed by atoms with Crippen LogP contribution in [0.3, 0.4) is 0 Å². The van der Waals surface area contributed by atoms with Crippen molar-refractivity contribution >= 4 is 0 Å². The van der Waals surface area contributed by atoms with Crippen molar-refractivity contribution in [2.24, 2.45) is 0 Å². The van der Waals surface area contributed by atoms with Gasteiger partial charge in [-0.25, -0.2) is 6.57 Å². The summed E-state index contributed by atoms with van der Waals surface area (Å²) in [6, 6.07) is 0. The molecule has 1 rings (SSSR count). The third-order valence-corrected chi connectivity index (χ3v) is 3.18. The second-order valence-electron chi connectivity index (χ2n) is 3.93. The zero-order valence-electron chi connectivity index (χ0n) is 8.28. The van der Waals surface area contributed by atoms with E-state index in [1.54, 1.807) is 0 Å². The van der Waals surface area contributed by atoms with Gasteiger partial charge in [0.15, 0.2) is 0 Å². The molecule has 1 heteroatoms. The van der Waals surface area contributed by atoms with Gasteiger partial charge >= 0.3 is 0 Å². The van der Waals surface area contributed by atoms with Crippen molar-refractivity contribution in [3.63, 3.8) is 0 Å². The molecule has 0 saturated heterocycles. The van der Waals surface area contributed by atoms with Gasteiger partial charge in [0.05, 0.1) is 0 Å². The highest BCUT2D eigenvalue weighted by atomic mass is 14.8. The predicted molar refractivity (Wildman–Crippen MR) is 51.8 cm³/mol. The largest absolute Gasteiger partial charge is 0.310 e. The number of hydrogen-bond donors (Lipinski definition) is 0. The number of hydrogen-bond acceptors (Lipinski definition) is 0. The van der Waals surface area contributed by atoms with Gasteiger partial charge in [0.2, 0.25) is 5.54 Å². The SMILES string of the molecule is [C-]#[N+]C1(CC)CCC(C)=C(C)C1. The van der Waals surface area contributed by atoms with Crippen molar-refractivity contribution in [3.05, 3.63) is 22.6 Å². The van der Waals surface area contributed by atoms with Gasteiger partial charge in [-0.3, -0.25) is 0 Å². The minimum absolute atomic E-state index is 0.0520. The lowest BCUT2D eigenvalue weighted by molar-refractivity contribution is 0.422. The van der Waals surface area contributed by atoms with Crippen LogP contribution < -0.4 is 0 Å². The van der Waals surface area contributed by atoms with Gasteiger partial charge in [0, 0.05) is 19.3 Å². The normalized spacial score (nSPS) is 30.2. The molecular weight excluding hydrogens is 146 g/mol. The predicted octanol–water partition coefficient (Wildman–Crippen LogP) is 3.57. The van der Waals surface area contributed by atoms with Gasteiger partial charge < -0.3 is 4.85 Å². The molecule has 1 aliphatic rings. The topological polar surface area (TPSA) is 4.36 Å². The summed E-state index contributed by atoms with van der Waals surface area (Å²) in [7, 11) is 0. The molecule has 1 nitrogen and oxygen atoms in total. The van der Waals surface area contributed by atoms with Crippen molar-refractivity contribution in [2.45, 2.75) is 52.0 Å². The van der Waals surface area contributed by atoms with Crippen molar-refractivity contribution in [1.29, 1.82) is 0 Å². The fourth-order valence-electron chi connectivity index (χ4n) is 1.84. The molecule has 1 unspecified atom stereocenters. The lowest BCUT2D eigenvalue weighted by Gasteiger charge is -2.26. The van der Waals surface area contributed by atoms with Crippen molar-refractivity contribution in [1.82, 2.24) is 0 Å². The fraction of sp³-hybridized carbons (Fsp3) is 0.727. The van der Waals surface area contributed by atoms with Crippen LogP contribution in [-0.2, 0) is 0 Å². The average molecular weight is 163 g/mol. The molecule has 0 bridgehead atoms. The molecule has 66 valence electrons. The maximum atomic E-state index is 7.20. The smallest absolute Gasteiger partial charge is 0.236 e. The van der Waals surface area contributed by atoms with E-state index < -0.39 is 0 Å². The molecule has 0 spiro atoms. The van der Waals surface area contributed by atoms with Crippen LogP contribution in [0.2, 0.25) is 0 Å². The fourth-order valence-corrected chi connectivity index (χ4v) is 1.84. The summed E-state index contributed by atoms with van der Waals surface area (Å²) in [5, 5.41) is 0. The van der Waals surface area contributed by atoms with Crippen LogP contribution in [0.25, 0.3) is 4.85 Å². The standard InChI is InChI=1S/C11H17N/c1-5-11(12-4)7-6-9(2)10(3)8-11/h5-8H2,1-3H3. The van der Waals surface area contributed by atoms with E-state index in [4.69, 9.17) is 6.57 Å². The highest BCUT2D eigenvalue weighted by Crippen LogP contribution is 2.37. The first-order valence-corrected chi connectivity index (χ1v) is 4.67. The van der Waals surface area contributed by atoms with E-state index in [0.29, 0.717) is 0 Å². The molecular formula is C11H17N. The molecule has 0 N–H and O–H groups in total. The first-order valence-electron chi connectivity index (χ1n) is 4.67. The summed E-state index contributed by atoms with van der Waals surface area (Å²) < 4.78 is 0.